The van der Waals surface area contributed by atoms with Crippen molar-refractivity contribution in [1.29, 1.82) is 0 Å². The first kappa shape index (κ1) is 13.4. The number of carbonyl (C=O) groups is 1. The molecule has 2 aromatic rings. The highest BCUT2D eigenvalue weighted by Gasteiger charge is 2.15. The molecule has 1 N–H and O–H groups in total. The summed E-state index contributed by atoms with van der Waals surface area (Å²) in [6.07, 6.45) is 6.01. The maximum atomic E-state index is 11.4. The first-order valence-corrected chi connectivity index (χ1v) is 6.04. The van der Waals surface area contributed by atoms with Crippen LogP contribution in [0.15, 0.2) is 29.1 Å². The molecule has 6 nitrogen and oxygen atoms in total. The highest BCUT2D eigenvalue weighted by molar-refractivity contribution is 5.87. The summed E-state index contributed by atoms with van der Waals surface area (Å²) in [5.74, 6) is 0.825. The van der Waals surface area contributed by atoms with Crippen LogP contribution in [0, 0.1) is 0 Å². The number of carbonyl (C=O) groups excluding carboxylic acids is 1. The summed E-state index contributed by atoms with van der Waals surface area (Å²) in [4.78, 5) is 15.6. The lowest BCUT2D eigenvalue weighted by atomic mass is 10.2. The molecule has 0 atom stereocenters. The quantitative estimate of drug-likeness (QED) is 0.625. The molecular formula is C13H17N3O3. The number of nitrogens with zero attached hydrogens (tertiary/aromatic N) is 2. The number of ether oxygens (including phenoxy) is 1. The number of hydrogen-bond donors (Lipinski definition) is 1. The van der Waals surface area contributed by atoms with Crippen LogP contribution >= 0.6 is 0 Å². The predicted octanol–water partition coefficient (Wildman–Crippen LogP) is 1.13. The Morgan fingerprint density at radius 3 is 3.11 bits per heavy atom. The topological polar surface area (TPSA) is 69.3 Å². The van der Waals surface area contributed by atoms with Gasteiger partial charge in [0.15, 0.2) is 0 Å². The fraction of sp³-hybridized carbons (Fsp3) is 0.385. The minimum absolute atomic E-state index is 0.256. The number of aromatic nitrogens is 2. The number of rotatable bonds is 6. The Kier molecular flexibility index (Phi) is 4.35. The molecule has 0 aliphatic carbocycles. The van der Waals surface area contributed by atoms with Crippen molar-refractivity contribution in [3.63, 3.8) is 0 Å². The van der Waals surface area contributed by atoms with Crippen LogP contribution in [0.25, 0.3) is 0 Å². The monoisotopic (exact) mass is 263 g/mol. The van der Waals surface area contributed by atoms with Crippen LogP contribution in [-0.4, -0.2) is 29.2 Å². The Morgan fingerprint density at radius 2 is 2.42 bits per heavy atom. The van der Waals surface area contributed by atoms with E-state index in [0.717, 1.165) is 24.4 Å². The summed E-state index contributed by atoms with van der Waals surface area (Å²) in [7, 11) is 3.30. The van der Waals surface area contributed by atoms with Gasteiger partial charge in [-0.15, -0.1) is 0 Å². The lowest BCUT2D eigenvalue weighted by molar-refractivity contribution is 0.0563. The minimum Gasteiger partial charge on any atom is -0.463 e. The predicted molar refractivity (Wildman–Crippen MR) is 68.7 cm³/mol. The zero-order valence-electron chi connectivity index (χ0n) is 11.0. The van der Waals surface area contributed by atoms with Gasteiger partial charge in [0.05, 0.1) is 13.4 Å². The average molecular weight is 263 g/mol. The second-order valence-electron chi connectivity index (χ2n) is 4.15. The van der Waals surface area contributed by atoms with E-state index < -0.39 is 5.97 Å². The van der Waals surface area contributed by atoms with Crippen molar-refractivity contribution in [2.24, 2.45) is 7.05 Å². The van der Waals surface area contributed by atoms with Crippen LogP contribution in [0.3, 0.4) is 0 Å². The van der Waals surface area contributed by atoms with E-state index >= 15 is 0 Å². The Morgan fingerprint density at radius 1 is 1.58 bits per heavy atom. The van der Waals surface area contributed by atoms with Crippen molar-refractivity contribution in [3.8, 4) is 0 Å². The smallest absolute Gasteiger partial charge is 0.374 e. The molecule has 0 bridgehead atoms. The first-order chi connectivity index (χ1) is 9.22. The van der Waals surface area contributed by atoms with Crippen LogP contribution in [0.5, 0.6) is 0 Å². The van der Waals surface area contributed by atoms with Crippen LogP contribution < -0.4 is 5.32 Å². The third-order valence-corrected chi connectivity index (χ3v) is 2.88. The first-order valence-electron chi connectivity index (χ1n) is 6.04. The fourth-order valence-corrected chi connectivity index (χ4v) is 1.81. The van der Waals surface area contributed by atoms with Gasteiger partial charge in [-0.2, -0.15) is 0 Å². The molecule has 0 aliphatic heterocycles. The maximum absolute atomic E-state index is 11.4. The van der Waals surface area contributed by atoms with Gasteiger partial charge in [0, 0.05) is 44.5 Å². The SMILES string of the molecule is COC(=O)c1occc1CNCCc1nccn1C. The van der Waals surface area contributed by atoms with Crippen molar-refractivity contribution in [1.82, 2.24) is 14.9 Å². The van der Waals surface area contributed by atoms with Gasteiger partial charge in [0.25, 0.3) is 0 Å². The summed E-state index contributed by atoms with van der Waals surface area (Å²) in [5.41, 5.74) is 0.798. The molecule has 6 heteroatoms. The van der Waals surface area contributed by atoms with Gasteiger partial charge in [-0.05, 0) is 6.07 Å². The van der Waals surface area contributed by atoms with Gasteiger partial charge in [-0.1, -0.05) is 0 Å². The molecule has 0 saturated heterocycles. The third-order valence-electron chi connectivity index (χ3n) is 2.88. The number of aryl methyl sites for hydroxylation is 1. The average Bonchev–Trinajstić information content (AvgIpc) is 3.03. The number of esters is 1. The maximum Gasteiger partial charge on any atom is 0.374 e. The van der Waals surface area contributed by atoms with Crippen molar-refractivity contribution < 1.29 is 13.9 Å². The number of imidazole rings is 1. The molecule has 0 unspecified atom stereocenters. The van der Waals surface area contributed by atoms with E-state index in [0.29, 0.717) is 6.54 Å². The fourth-order valence-electron chi connectivity index (χ4n) is 1.81. The molecule has 0 spiro atoms. The number of hydrogen-bond acceptors (Lipinski definition) is 5. The molecule has 2 rings (SSSR count). The van der Waals surface area contributed by atoms with E-state index in [1.807, 2.05) is 17.8 Å². The van der Waals surface area contributed by atoms with Crippen molar-refractivity contribution in [3.05, 3.63) is 41.9 Å². The highest BCUT2D eigenvalue weighted by Crippen LogP contribution is 2.11. The Labute approximate surface area is 111 Å². The van der Waals surface area contributed by atoms with E-state index in [-0.39, 0.29) is 5.76 Å². The zero-order valence-corrected chi connectivity index (χ0v) is 11.0. The molecule has 2 heterocycles. The van der Waals surface area contributed by atoms with Gasteiger partial charge in [0.2, 0.25) is 5.76 Å². The number of methoxy groups -OCH3 is 1. The minimum atomic E-state index is -0.453. The summed E-state index contributed by atoms with van der Waals surface area (Å²) in [5, 5.41) is 3.25. The Hall–Kier alpha value is -2.08. The molecule has 0 radical (unpaired) electrons. The highest BCUT2D eigenvalue weighted by atomic mass is 16.5. The van der Waals surface area contributed by atoms with Gasteiger partial charge in [0.1, 0.15) is 5.82 Å². The van der Waals surface area contributed by atoms with Gasteiger partial charge in [-0.3, -0.25) is 0 Å². The second-order valence-corrected chi connectivity index (χ2v) is 4.15. The molecule has 0 saturated carbocycles. The van der Waals surface area contributed by atoms with E-state index in [9.17, 15) is 4.79 Å². The zero-order chi connectivity index (χ0) is 13.7. The van der Waals surface area contributed by atoms with E-state index in [2.05, 4.69) is 15.0 Å². The normalized spacial score (nSPS) is 10.6. The van der Waals surface area contributed by atoms with Crippen molar-refractivity contribution >= 4 is 5.97 Å². The van der Waals surface area contributed by atoms with Gasteiger partial charge < -0.3 is 19.0 Å². The molecule has 2 aromatic heterocycles. The molecule has 19 heavy (non-hydrogen) atoms. The molecule has 102 valence electrons. The van der Waals surface area contributed by atoms with E-state index in [1.54, 1.807) is 12.3 Å². The second kappa shape index (κ2) is 6.19. The summed E-state index contributed by atoms with van der Waals surface area (Å²) < 4.78 is 11.7. The van der Waals surface area contributed by atoms with E-state index in [1.165, 1.54) is 13.4 Å². The molecule has 0 amide bonds. The van der Waals surface area contributed by atoms with Crippen molar-refractivity contribution in [2.45, 2.75) is 13.0 Å². The van der Waals surface area contributed by atoms with Gasteiger partial charge in [-0.25, -0.2) is 9.78 Å². The summed E-state index contributed by atoms with van der Waals surface area (Å²) >= 11 is 0. The molecule has 0 aliphatic rings. The standard InChI is InChI=1S/C13H17N3O3/c1-16-7-6-15-11(16)3-5-14-9-10-4-8-19-12(10)13(17)18-2/h4,6-8,14H,3,5,9H2,1-2H3. The Bertz CT molecular complexity index is 545. The molecule has 0 aromatic carbocycles. The Balaban J connectivity index is 1.82. The number of furan rings is 1. The van der Waals surface area contributed by atoms with Crippen LogP contribution in [-0.2, 0) is 24.8 Å². The van der Waals surface area contributed by atoms with Crippen LogP contribution in [0.4, 0.5) is 0 Å². The molecular weight excluding hydrogens is 246 g/mol. The summed E-state index contributed by atoms with van der Waals surface area (Å²) in [6.45, 7) is 1.34. The molecule has 0 fully saturated rings. The van der Waals surface area contributed by atoms with Gasteiger partial charge >= 0.3 is 5.97 Å². The van der Waals surface area contributed by atoms with Crippen LogP contribution in [0.2, 0.25) is 0 Å². The number of nitrogens with one attached hydrogen (secondary N) is 1. The summed E-state index contributed by atoms with van der Waals surface area (Å²) in [6, 6.07) is 1.76. The van der Waals surface area contributed by atoms with E-state index in [4.69, 9.17) is 4.42 Å². The third kappa shape index (κ3) is 3.23. The lowest BCUT2D eigenvalue weighted by Crippen LogP contribution is -2.19. The van der Waals surface area contributed by atoms with Crippen LogP contribution in [0.1, 0.15) is 21.9 Å². The lowest BCUT2D eigenvalue weighted by Gasteiger charge is -2.05. The largest absolute Gasteiger partial charge is 0.463 e. The van der Waals surface area contributed by atoms with Crippen molar-refractivity contribution in [2.75, 3.05) is 13.7 Å².